The van der Waals surface area contributed by atoms with E-state index in [2.05, 4.69) is 0 Å². The maximum absolute atomic E-state index is 11.5. The number of hydrogen-bond donors (Lipinski definition) is 1. The number of carbonyl (C=O) groups excluding carboxylic acids is 1. The lowest BCUT2D eigenvalue weighted by atomic mass is 10.3. The lowest BCUT2D eigenvalue weighted by molar-refractivity contribution is -0.127. The number of nitrogens with zero attached hydrogens (tertiary/aromatic N) is 2. The van der Waals surface area contributed by atoms with Crippen molar-refractivity contribution in [3.05, 3.63) is 30.3 Å². The van der Waals surface area contributed by atoms with Gasteiger partial charge in [-0.1, -0.05) is 18.2 Å². The van der Waals surface area contributed by atoms with Crippen LogP contribution in [-0.2, 0) is 16.1 Å². The van der Waals surface area contributed by atoms with E-state index >= 15 is 0 Å². The highest BCUT2D eigenvalue weighted by Gasteiger charge is 2.17. The maximum Gasteiger partial charge on any atom is 0.262 e. The number of likely N-dealkylation sites (N-methyl/N-ethyl adjacent to an activating group) is 1. The Hall–Kier alpha value is -1.40. The minimum Gasteiger partial charge on any atom is -0.347 e. The van der Waals surface area contributed by atoms with Gasteiger partial charge >= 0.3 is 0 Å². The molecule has 0 aromatic heterocycles. The van der Waals surface area contributed by atoms with Crippen molar-refractivity contribution in [2.45, 2.75) is 0 Å². The van der Waals surface area contributed by atoms with E-state index in [1.54, 1.807) is 44.4 Å². The first-order chi connectivity index (χ1) is 7.52. The summed E-state index contributed by atoms with van der Waals surface area (Å²) in [6, 6.07) is 8.65. The van der Waals surface area contributed by atoms with Gasteiger partial charge in [-0.3, -0.25) is 13.7 Å². The number of benzene rings is 1. The number of hydrogen-bond acceptors (Lipinski definition) is 2. The summed E-state index contributed by atoms with van der Waals surface area (Å²) in [6.07, 6.45) is 0. The molecule has 0 radical (unpaired) electrons. The van der Waals surface area contributed by atoms with Gasteiger partial charge in [-0.25, -0.2) is 4.21 Å². The molecule has 1 unspecified atom stereocenters. The molecule has 5 nitrogen and oxygen atoms in total. The van der Waals surface area contributed by atoms with Crippen molar-refractivity contribution >= 4 is 22.9 Å². The Labute approximate surface area is 97.1 Å². The van der Waals surface area contributed by atoms with Gasteiger partial charge < -0.3 is 4.90 Å². The highest BCUT2D eigenvalue weighted by atomic mass is 32.2. The number of para-hydroxylation sites is 1. The molecule has 1 atom stereocenters. The lowest BCUT2D eigenvalue weighted by Crippen LogP contribution is -2.37. The first kappa shape index (κ1) is 12.7. The van der Waals surface area contributed by atoms with Crippen molar-refractivity contribution in [3.8, 4) is 0 Å². The Morgan fingerprint density at radius 3 is 2.31 bits per heavy atom. The second kappa shape index (κ2) is 5.62. The fraction of sp³-hybridized carbons (Fsp3) is 0.300. The van der Waals surface area contributed by atoms with E-state index in [-0.39, 0.29) is 12.5 Å². The SMILES string of the molecule is CN(C)C(=O)CN(c1ccccc1)S(=O)O. The zero-order valence-corrected chi connectivity index (χ0v) is 9.98. The molecule has 16 heavy (non-hydrogen) atoms. The van der Waals surface area contributed by atoms with Gasteiger partial charge in [0.1, 0.15) is 6.54 Å². The minimum atomic E-state index is -2.21. The summed E-state index contributed by atoms with van der Waals surface area (Å²) >= 11 is -2.21. The van der Waals surface area contributed by atoms with Crippen LogP contribution in [0, 0.1) is 0 Å². The normalized spacial score (nSPS) is 11.9. The third-order valence-corrected chi connectivity index (χ3v) is 2.73. The van der Waals surface area contributed by atoms with Gasteiger partial charge in [0.15, 0.2) is 0 Å². The predicted octanol–water partition coefficient (Wildman–Crippen LogP) is 0.718. The van der Waals surface area contributed by atoms with E-state index in [0.717, 1.165) is 4.31 Å². The summed E-state index contributed by atoms with van der Waals surface area (Å²) in [6.45, 7) is -0.125. The molecule has 1 amide bonds. The van der Waals surface area contributed by atoms with Gasteiger partial charge in [0.05, 0.1) is 5.69 Å². The van der Waals surface area contributed by atoms with Gasteiger partial charge in [-0.05, 0) is 12.1 Å². The van der Waals surface area contributed by atoms with Crippen LogP contribution >= 0.6 is 0 Å². The van der Waals surface area contributed by atoms with Crippen LogP contribution in [0.1, 0.15) is 0 Å². The summed E-state index contributed by atoms with van der Waals surface area (Å²) in [5.41, 5.74) is 0.540. The van der Waals surface area contributed by atoms with Gasteiger partial charge in [0, 0.05) is 14.1 Å². The van der Waals surface area contributed by atoms with E-state index in [1.807, 2.05) is 0 Å². The van der Waals surface area contributed by atoms with Crippen LogP contribution < -0.4 is 4.31 Å². The fourth-order valence-electron chi connectivity index (χ4n) is 1.10. The standard InChI is InChI=1S/C10H14N2O3S/c1-11(2)10(13)8-12(16(14)15)9-6-4-3-5-7-9/h3-7H,8H2,1-2H3,(H,14,15). The molecule has 6 heteroatoms. The van der Waals surface area contributed by atoms with E-state index in [0.29, 0.717) is 5.69 Å². The van der Waals surface area contributed by atoms with Gasteiger partial charge in [-0.15, -0.1) is 0 Å². The number of amides is 1. The highest BCUT2D eigenvalue weighted by Crippen LogP contribution is 2.14. The van der Waals surface area contributed by atoms with Gasteiger partial charge in [0.25, 0.3) is 11.3 Å². The first-order valence-corrected chi connectivity index (χ1v) is 5.72. The lowest BCUT2D eigenvalue weighted by Gasteiger charge is -2.21. The molecule has 1 rings (SSSR count). The van der Waals surface area contributed by atoms with Crippen LogP contribution in [-0.4, -0.2) is 40.2 Å². The first-order valence-electron chi connectivity index (χ1n) is 4.66. The molecule has 0 saturated carbocycles. The predicted molar refractivity (Wildman–Crippen MR) is 63.3 cm³/mol. The third-order valence-electron chi connectivity index (χ3n) is 2.01. The second-order valence-corrected chi connectivity index (χ2v) is 4.29. The molecular weight excluding hydrogens is 228 g/mol. The molecule has 1 aromatic rings. The zero-order chi connectivity index (χ0) is 12.1. The molecule has 0 spiro atoms. The molecule has 0 bridgehead atoms. The summed E-state index contributed by atoms with van der Waals surface area (Å²) < 4.78 is 21.4. The topological polar surface area (TPSA) is 60.9 Å². The van der Waals surface area contributed by atoms with Crippen molar-refractivity contribution in [2.24, 2.45) is 0 Å². The van der Waals surface area contributed by atoms with Crippen LogP contribution in [0.3, 0.4) is 0 Å². The molecule has 0 saturated heterocycles. The van der Waals surface area contributed by atoms with E-state index in [9.17, 15) is 9.00 Å². The molecule has 88 valence electrons. The number of rotatable bonds is 4. The maximum atomic E-state index is 11.5. The average molecular weight is 242 g/mol. The van der Waals surface area contributed by atoms with Crippen molar-refractivity contribution < 1.29 is 13.6 Å². The summed E-state index contributed by atoms with van der Waals surface area (Å²) in [4.78, 5) is 12.8. The van der Waals surface area contributed by atoms with Crippen LogP contribution in [0.5, 0.6) is 0 Å². The molecule has 0 aliphatic rings. The monoisotopic (exact) mass is 242 g/mol. The Morgan fingerprint density at radius 2 is 1.88 bits per heavy atom. The van der Waals surface area contributed by atoms with Crippen LogP contribution in [0.4, 0.5) is 5.69 Å². The molecular formula is C10H14N2O3S. The van der Waals surface area contributed by atoms with Crippen molar-refractivity contribution in [2.75, 3.05) is 24.9 Å². The largest absolute Gasteiger partial charge is 0.347 e. The van der Waals surface area contributed by atoms with Gasteiger partial charge in [-0.2, -0.15) is 0 Å². The van der Waals surface area contributed by atoms with E-state index in [1.165, 1.54) is 4.90 Å². The zero-order valence-electron chi connectivity index (χ0n) is 9.16. The molecule has 0 aliphatic heterocycles. The smallest absolute Gasteiger partial charge is 0.262 e. The van der Waals surface area contributed by atoms with Crippen molar-refractivity contribution in [1.82, 2.24) is 4.90 Å². The third kappa shape index (κ3) is 3.32. The van der Waals surface area contributed by atoms with Gasteiger partial charge in [0.2, 0.25) is 5.91 Å². The quantitative estimate of drug-likeness (QED) is 0.791. The van der Waals surface area contributed by atoms with Crippen LogP contribution in [0.15, 0.2) is 30.3 Å². The minimum absolute atomic E-state index is 0.125. The highest BCUT2D eigenvalue weighted by molar-refractivity contribution is 7.80. The fourth-order valence-corrected chi connectivity index (χ4v) is 1.62. The Morgan fingerprint density at radius 1 is 1.31 bits per heavy atom. The summed E-state index contributed by atoms with van der Waals surface area (Å²) in [5, 5.41) is 0. The Kier molecular flexibility index (Phi) is 4.45. The van der Waals surface area contributed by atoms with Crippen LogP contribution in [0.2, 0.25) is 0 Å². The molecule has 0 fully saturated rings. The summed E-state index contributed by atoms with van der Waals surface area (Å²) in [5.74, 6) is -0.230. The average Bonchev–Trinajstić information content (AvgIpc) is 2.26. The molecule has 1 N–H and O–H groups in total. The van der Waals surface area contributed by atoms with Crippen LogP contribution in [0.25, 0.3) is 0 Å². The van der Waals surface area contributed by atoms with Crippen molar-refractivity contribution in [1.29, 1.82) is 0 Å². The number of carbonyl (C=O) groups is 1. The number of anilines is 1. The second-order valence-electron chi connectivity index (χ2n) is 3.39. The Bertz CT molecular complexity index is 381. The Balaban J connectivity index is 2.85. The van der Waals surface area contributed by atoms with E-state index < -0.39 is 11.3 Å². The molecule has 0 heterocycles. The molecule has 0 aliphatic carbocycles. The summed E-state index contributed by atoms with van der Waals surface area (Å²) in [7, 11) is 3.21. The molecule has 1 aromatic carbocycles. The van der Waals surface area contributed by atoms with Crippen molar-refractivity contribution in [3.63, 3.8) is 0 Å². The van der Waals surface area contributed by atoms with E-state index in [4.69, 9.17) is 4.55 Å².